The number of nitrogens with two attached hydrogens (primary N) is 1. The van der Waals surface area contributed by atoms with Crippen molar-refractivity contribution in [3.63, 3.8) is 0 Å². The van der Waals surface area contributed by atoms with E-state index >= 15 is 0 Å². The summed E-state index contributed by atoms with van der Waals surface area (Å²) >= 11 is 0. The second-order valence-electron chi connectivity index (χ2n) is 9.13. The molecule has 0 spiro atoms. The monoisotopic (exact) mass is 466 g/mol. The van der Waals surface area contributed by atoms with Gasteiger partial charge in [0.2, 0.25) is 0 Å². The number of benzene rings is 1. The van der Waals surface area contributed by atoms with Crippen molar-refractivity contribution in [2.24, 2.45) is 10.9 Å². The first-order valence-electron chi connectivity index (χ1n) is 11.7. The number of carbonyl (C=O) groups is 1. The molecule has 0 saturated heterocycles. The number of rotatable bonds is 6. The maximum Gasteiger partial charge on any atom is 0.314 e. The Bertz CT molecular complexity index is 967. The number of nitrogens with one attached hydrogen (secondary N) is 4. The molecule has 2 rings (SSSR count). The quantitative estimate of drug-likeness (QED) is 0.201. The van der Waals surface area contributed by atoms with Gasteiger partial charge in [-0.25, -0.2) is 9.79 Å². The summed E-state index contributed by atoms with van der Waals surface area (Å²) in [5.74, 6) is 1.53. The first-order valence-corrected chi connectivity index (χ1v) is 11.7. The first kappa shape index (κ1) is 28.7. The summed E-state index contributed by atoms with van der Waals surface area (Å²) in [5.41, 5.74) is 13.3. The second-order valence-corrected chi connectivity index (χ2v) is 9.13. The molecule has 6 N–H and O–H groups in total. The first-order chi connectivity index (χ1) is 16.0. The van der Waals surface area contributed by atoms with Crippen molar-refractivity contribution in [3.05, 3.63) is 58.8 Å². The molecule has 0 fully saturated rings. The summed E-state index contributed by atoms with van der Waals surface area (Å²) in [6, 6.07) is 5.68. The average molecular weight is 467 g/mol. The molecule has 1 atom stereocenters. The van der Waals surface area contributed by atoms with Crippen LogP contribution in [0.4, 0.5) is 16.2 Å². The minimum atomic E-state index is -0.125. The fraction of sp³-hybridized carbons (Fsp3) is 0.444. The largest absolute Gasteiger partial charge is 0.398 e. The highest BCUT2D eigenvalue weighted by atomic mass is 16.2. The van der Waals surface area contributed by atoms with Crippen LogP contribution in [0.3, 0.4) is 0 Å². The van der Waals surface area contributed by atoms with Gasteiger partial charge in [0, 0.05) is 48.0 Å². The number of amidine groups is 1. The van der Waals surface area contributed by atoms with E-state index in [1.165, 1.54) is 34.9 Å². The van der Waals surface area contributed by atoms with E-state index in [-0.39, 0.29) is 12.1 Å². The molecule has 186 valence electrons. The third kappa shape index (κ3) is 8.89. The van der Waals surface area contributed by atoms with E-state index in [4.69, 9.17) is 11.1 Å². The third-order valence-corrected chi connectivity index (χ3v) is 5.47. The van der Waals surface area contributed by atoms with Crippen molar-refractivity contribution in [1.82, 2.24) is 10.6 Å². The summed E-state index contributed by atoms with van der Waals surface area (Å²) in [4.78, 5) is 14.9. The van der Waals surface area contributed by atoms with E-state index in [0.717, 1.165) is 30.3 Å². The third-order valence-electron chi connectivity index (χ3n) is 5.47. The van der Waals surface area contributed by atoms with E-state index in [9.17, 15) is 4.79 Å². The maximum atomic E-state index is 10.4. The van der Waals surface area contributed by atoms with Crippen LogP contribution in [-0.2, 0) is 0 Å². The summed E-state index contributed by atoms with van der Waals surface area (Å²) in [5, 5.41) is 16.0. The SMILES string of the molecule is C=CN=C(Nc1ccc(N)c(C=N)c1)C(=C(C)C)C1=C(C)CC(C)CC1.CNC(=O)NC(C)C. The van der Waals surface area contributed by atoms with Crippen LogP contribution in [0.15, 0.2) is 58.3 Å². The predicted molar refractivity (Wildman–Crippen MR) is 147 cm³/mol. The molecule has 7 heteroatoms. The van der Waals surface area contributed by atoms with E-state index in [2.05, 4.69) is 55.2 Å². The van der Waals surface area contributed by atoms with Crippen molar-refractivity contribution in [3.8, 4) is 0 Å². The van der Waals surface area contributed by atoms with E-state index < -0.39 is 0 Å². The van der Waals surface area contributed by atoms with Gasteiger partial charge in [0.15, 0.2) is 0 Å². The standard InChI is InChI=1S/C22H30N4.C5H12N2O/c1-6-25-22(26-18-8-10-20(24)17(12-18)13-23)21(14(2)3)19-9-7-15(4)11-16(19)5;1-4(2)7-5(8)6-3/h6,8,10,12-13,15,23H,1,7,9,11,24H2,2-5H3,(H,25,26);4H,1-3H3,(H2,6,7,8). The molecule has 7 nitrogen and oxygen atoms in total. The lowest BCUT2D eigenvalue weighted by molar-refractivity contribution is 0.240. The van der Waals surface area contributed by atoms with Crippen molar-refractivity contribution in [2.75, 3.05) is 18.1 Å². The molecule has 1 aliphatic rings. The van der Waals surface area contributed by atoms with Gasteiger partial charge in [-0.15, -0.1) is 0 Å². The highest BCUT2D eigenvalue weighted by molar-refractivity contribution is 6.12. The second kappa shape index (κ2) is 14.0. The Morgan fingerprint density at radius 2 is 2.00 bits per heavy atom. The highest BCUT2D eigenvalue weighted by Crippen LogP contribution is 2.35. The Morgan fingerprint density at radius 1 is 1.32 bits per heavy atom. The number of allylic oxidation sites excluding steroid dienone is 2. The predicted octanol–water partition coefficient (Wildman–Crippen LogP) is 6.02. The number of carbonyl (C=O) groups excluding carboxylic acids is 1. The normalized spacial score (nSPS) is 15.6. The Labute approximate surface area is 205 Å². The number of urea groups is 1. The van der Waals surface area contributed by atoms with Gasteiger partial charge in [0.25, 0.3) is 0 Å². The Morgan fingerprint density at radius 3 is 2.47 bits per heavy atom. The van der Waals surface area contributed by atoms with Crippen LogP contribution < -0.4 is 21.7 Å². The minimum Gasteiger partial charge on any atom is -0.398 e. The molecule has 0 aliphatic heterocycles. The molecule has 0 bridgehead atoms. The van der Waals surface area contributed by atoms with Gasteiger partial charge >= 0.3 is 6.03 Å². The molecule has 1 aromatic rings. The highest BCUT2D eigenvalue weighted by Gasteiger charge is 2.22. The summed E-state index contributed by atoms with van der Waals surface area (Å²) < 4.78 is 0. The maximum absolute atomic E-state index is 10.4. The van der Waals surface area contributed by atoms with Crippen LogP contribution in [-0.4, -0.2) is 31.2 Å². The summed E-state index contributed by atoms with van der Waals surface area (Å²) in [6.45, 7) is 16.4. The van der Waals surface area contributed by atoms with Crippen molar-refractivity contribution in [1.29, 1.82) is 5.41 Å². The molecule has 0 aromatic heterocycles. The van der Waals surface area contributed by atoms with Gasteiger partial charge in [0.1, 0.15) is 5.84 Å². The van der Waals surface area contributed by atoms with Crippen LogP contribution >= 0.6 is 0 Å². The number of hydrogen-bond donors (Lipinski definition) is 5. The number of nitrogen functional groups attached to an aromatic ring is 1. The number of amides is 2. The van der Waals surface area contributed by atoms with Crippen LogP contribution in [0.1, 0.15) is 66.4 Å². The Balaban J connectivity index is 0.000000620. The number of nitrogens with zero attached hydrogens (tertiary/aromatic N) is 1. The topological polar surface area (TPSA) is 115 Å². The van der Waals surface area contributed by atoms with Gasteiger partial charge < -0.3 is 27.1 Å². The minimum absolute atomic E-state index is 0.125. The molecule has 0 saturated carbocycles. The smallest absolute Gasteiger partial charge is 0.314 e. The fourth-order valence-electron chi connectivity index (χ4n) is 3.87. The zero-order valence-corrected chi connectivity index (χ0v) is 21.8. The van der Waals surface area contributed by atoms with Crippen LogP contribution in [0, 0.1) is 11.3 Å². The number of hydrogen-bond acceptors (Lipinski definition) is 4. The van der Waals surface area contributed by atoms with Gasteiger partial charge in [-0.1, -0.05) is 24.6 Å². The molecule has 2 amide bonds. The lowest BCUT2D eigenvalue weighted by Gasteiger charge is -2.27. The summed E-state index contributed by atoms with van der Waals surface area (Å²) in [6.07, 6.45) is 6.24. The molecule has 1 aliphatic carbocycles. The van der Waals surface area contributed by atoms with E-state index in [1.807, 2.05) is 32.0 Å². The van der Waals surface area contributed by atoms with E-state index in [0.29, 0.717) is 11.3 Å². The Kier molecular flexibility index (Phi) is 11.8. The van der Waals surface area contributed by atoms with E-state index in [1.54, 1.807) is 13.2 Å². The van der Waals surface area contributed by atoms with Crippen LogP contribution in [0.2, 0.25) is 0 Å². The molecule has 0 heterocycles. The van der Waals surface area contributed by atoms with Gasteiger partial charge in [-0.2, -0.15) is 0 Å². The molecular weight excluding hydrogens is 424 g/mol. The molecule has 0 radical (unpaired) electrons. The zero-order valence-electron chi connectivity index (χ0n) is 21.8. The van der Waals surface area contributed by atoms with Crippen LogP contribution in [0.25, 0.3) is 0 Å². The van der Waals surface area contributed by atoms with Crippen molar-refractivity contribution < 1.29 is 4.79 Å². The number of aliphatic imine (C=N–C) groups is 1. The number of anilines is 2. The van der Waals surface area contributed by atoms with Crippen molar-refractivity contribution in [2.45, 2.75) is 66.8 Å². The lowest BCUT2D eigenvalue weighted by atomic mass is 9.81. The zero-order chi connectivity index (χ0) is 25.8. The average Bonchev–Trinajstić information content (AvgIpc) is 2.76. The molecule has 1 unspecified atom stereocenters. The Hall–Kier alpha value is -3.35. The molecular formula is C27H42N6O. The van der Waals surface area contributed by atoms with Crippen molar-refractivity contribution >= 4 is 29.5 Å². The fourth-order valence-corrected chi connectivity index (χ4v) is 3.87. The molecule has 34 heavy (non-hydrogen) atoms. The summed E-state index contributed by atoms with van der Waals surface area (Å²) in [7, 11) is 1.59. The van der Waals surface area contributed by atoms with Gasteiger partial charge in [-0.05, 0) is 83.6 Å². The van der Waals surface area contributed by atoms with Crippen LogP contribution in [0.5, 0.6) is 0 Å². The van der Waals surface area contributed by atoms with Gasteiger partial charge in [0.05, 0.1) is 0 Å². The lowest BCUT2D eigenvalue weighted by Crippen LogP contribution is -2.37. The molecule has 1 aromatic carbocycles. The van der Waals surface area contributed by atoms with Gasteiger partial charge in [-0.3, -0.25) is 0 Å².